The number of carbonyl (C=O) groups excluding carboxylic acids is 1. The van der Waals surface area contributed by atoms with E-state index in [9.17, 15) is 19.3 Å². The van der Waals surface area contributed by atoms with Gasteiger partial charge in [0.25, 0.3) is 5.69 Å². The van der Waals surface area contributed by atoms with Crippen LogP contribution in [0.15, 0.2) is 36.4 Å². The summed E-state index contributed by atoms with van der Waals surface area (Å²) in [5.41, 5.74) is 0.398. The first-order valence-electron chi connectivity index (χ1n) is 6.24. The van der Waals surface area contributed by atoms with E-state index in [1.807, 2.05) is 0 Å². The van der Waals surface area contributed by atoms with E-state index < -0.39 is 16.7 Å². The van der Waals surface area contributed by atoms with Crippen molar-refractivity contribution in [1.82, 2.24) is 0 Å². The average Bonchev–Trinajstić information content (AvgIpc) is 2.79. The molecule has 3 rings (SSSR count). The maximum atomic E-state index is 13.2. The minimum atomic E-state index is -0.667. The van der Waals surface area contributed by atoms with Crippen molar-refractivity contribution in [3.63, 3.8) is 0 Å². The molecule has 1 aliphatic rings. The lowest BCUT2D eigenvalue weighted by Gasteiger charge is -2.02. The van der Waals surface area contributed by atoms with Crippen LogP contribution in [0.25, 0.3) is 11.8 Å². The molecule has 0 unspecified atom stereocenters. The van der Waals surface area contributed by atoms with Crippen LogP contribution >= 0.6 is 0 Å². The monoisotopic (exact) mass is 295 g/mol. The van der Waals surface area contributed by atoms with Crippen LogP contribution in [0, 0.1) is 15.9 Å². The summed E-state index contributed by atoms with van der Waals surface area (Å²) in [5.74, 6) is -1.20. The van der Waals surface area contributed by atoms with Gasteiger partial charge in [-0.05, 0) is 23.8 Å². The highest BCUT2D eigenvalue weighted by molar-refractivity contribution is 6.32. The van der Waals surface area contributed by atoms with Crippen molar-refractivity contribution in [1.29, 1.82) is 0 Å². The van der Waals surface area contributed by atoms with E-state index in [0.29, 0.717) is 5.56 Å². The lowest BCUT2D eigenvalue weighted by molar-refractivity contribution is -0.385. The molecule has 0 N–H and O–H groups in total. The van der Waals surface area contributed by atoms with E-state index in [-0.39, 0.29) is 28.0 Å². The number of fused-ring (bicyclic) bond motifs is 1. The molecule has 7 heteroatoms. The van der Waals surface area contributed by atoms with Crippen LogP contribution in [0.2, 0.25) is 0 Å². The molecule has 1 aliphatic heterocycles. The largest absolute Gasteiger partial charge is 0.422 e. The summed E-state index contributed by atoms with van der Waals surface area (Å²) in [6.07, 6.45) is 1.41. The summed E-state index contributed by atoms with van der Waals surface area (Å²) < 4.78 is 18.2. The number of carbonyl (C=O) groups is 1. The topological polar surface area (TPSA) is 69.4 Å². The van der Waals surface area contributed by atoms with Gasteiger partial charge in [0.1, 0.15) is 25.0 Å². The van der Waals surface area contributed by atoms with E-state index in [4.69, 9.17) is 12.6 Å². The lowest BCUT2D eigenvalue weighted by atomic mass is 9.93. The van der Waals surface area contributed by atoms with Gasteiger partial charge in [0, 0.05) is 6.07 Å². The van der Waals surface area contributed by atoms with Gasteiger partial charge in [0.2, 0.25) is 0 Å². The Labute approximate surface area is 125 Å². The van der Waals surface area contributed by atoms with Crippen LogP contribution in [0.5, 0.6) is 0 Å². The molecule has 0 saturated carbocycles. The van der Waals surface area contributed by atoms with Gasteiger partial charge in [-0.15, -0.1) is 0 Å². The van der Waals surface area contributed by atoms with E-state index in [1.54, 1.807) is 0 Å². The molecule has 0 aromatic heterocycles. The van der Waals surface area contributed by atoms with Crippen LogP contribution in [0.1, 0.15) is 21.5 Å². The highest BCUT2D eigenvalue weighted by Gasteiger charge is 2.33. The molecule has 2 radical (unpaired) electrons. The highest BCUT2D eigenvalue weighted by atomic mass is 19.1. The summed E-state index contributed by atoms with van der Waals surface area (Å²) in [6, 6.07) is 8.09. The number of ether oxygens (including phenoxy) is 1. The van der Waals surface area contributed by atoms with Crippen LogP contribution in [-0.4, -0.2) is 18.7 Å². The zero-order valence-electron chi connectivity index (χ0n) is 11.1. The van der Waals surface area contributed by atoms with Gasteiger partial charge < -0.3 is 4.74 Å². The second-order valence-electron chi connectivity index (χ2n) is 4.64. The van der Waals surface area contributed by atoms with E-state index in [2.05, 4.69) is 0 Å². The smallest absolute Gasteiger partial charge is 0.344 e. The summed E-state index contributed by atoms with van der Waals surface area (Å²) in [7, 11) is 5.47. The van der Waals surface area contributed by atoms with E-state index in [1.165, 1.54) is 42.5 Å². The molecule has 0 bridgehead atoms. The van der Waals surface area contributed by atoms with Gasteiger partial charge in [0.15, 0.2) is 0 Å². The van der Waals surface area contributed by atoms with Crippen LogP contribution in [-0.2, 0) is 4.74 Å². The number of nitro benzene ring substituents is 1. The van der Waals surface area contributed by atoms with Gasteiger partial charge >= 0.3 is 5.97 Å². The number of hydrogen-bond acceptors (Lipinski definition) is 4. The number of esters is 1. The van der Waals surface area contributed by atoms with Crippen molar-refractivity contribution >= 4 is 36.8 Å². The Kier molecular flexibility index (Phi) is 3.25. The number of cyclic esters (lactones) is 1. The van der Waals surface area contributed by atoms with Gasteiger partial charge in [-0.25, -0.2) is 9.18 Å². The van der Waals surface area contributed by atoms with Crippen molar-refractivity contribution in [2.75, 3.05) is 0 Å². The van der Waals surface area contributed by atoms with Crippen LogP contribution in [0.3, 0.4) is 0 Å². The summed E-state index contributed by atoms with van der Waals surface area (Å²) >= 11 is 0. The first-order chi connectivity index (χ1) is 10.5. The van der Waals surface area contributed by atoms with Gasteiger partial charge in [-0.3, -0.25) is 10.1 Å². The predicted octanol–water partition coefficient (Wildman–Crippen LogP) is 2.20. The number of rotatable bonds is 2. The Morgan fingerprint density at radius 2 is 2.05 bits per heavy atom. The Balaban J connectivity index is 2.16. The number of hydrogen-bond donors (Lipinski definition) is 0. The predicted molar refractivity (Wildman–Crippen MR) is 78.2 cm³/mol. The quantitative estimate of drug-likeness (QED) is 0.368. The fourth-order valence-electron chi connectivity index (χ4n) is 2.23. The zero-order valence-corrected chi connectivity index (χ0v) is 11.1. The lowest BCUT2D eigenvalue weighted by Crippen LogP contribution is -2.07. The first-order valence-corrected chi connectivity index (χ1v) is 6.24. The van der Waals surface area contributed by atoms with E-state index in [0.717, 1.165) is 0 Å². The minimum Gasteiger partial charge on any atom is -0.422 e. The molecule has 1 heterocycles. The zero-order chi connectivity index (χ0) is 15.9. The Hall–Kier alpha value is -2.96. The van der Waals surface area contributed by atoms with Crippen molar-refractivity contribution in [2.24, 2.45) is 0 Å². The molecule has 0 aliphatic carbocycles. The molecule has 106 valence electrons. The molecular formula is C15H7BFNO4. The number of halogens is 1. The van der Waals surface area contributed by atoms with Crippen LogP contribution in [0.4, 0.5) is 10.1 Å². The second-order valence-corrected chi connectivity index (χ2v) is 4.64. The highest BCUT2D eigenvalue weighted by Crippen LogP contribution is 2.37. The molecular weight excluding hydrogens is 288 g/mol. The van der Waals surface area contributed by atoms with Crippen molar-refractivity contribution in [2.45, 2.75) is 0 Å². The summed E-state index contributed by atoms with van der Waals surface area (Å²) in [6.45, 7) is 0. The number of nitro groups is 1. The van der Waals surface area contributed by atoms with Gasteiger partial charge in [0.05, 0.1) is 10.5 Å². The van der Waals surface area contributed by atoms with Crippen LogP contribution < -0.4 is 5.46 Å². The molecule has 0 atom stereocenters. The van der Waals surface area contributed by atoms with Crippen molar-refractivity contribution < 1.29 is 18.8 Å². The van der Waals surface area contributed by atoms with Gasteiger partial charge in [-0.1, -0.05) is 23.7 Å². The summed E-state index contributed by atoms with van der Waals surface area (Å²) in [4.78, 5) is 22.3. The maximum absolute atomic E-state index is 13.2. The van der Waals surface area contributed by atoms with Gasteiger partial charge in [-0.2, -0.15) is 0 Å². The Bertz CT molecular complexity index is 847. The second kappa shape index (κ2) is 5.11. The molecule has 2 aromatic rings. The number of nitrogens with zero attached hydrogens (tertiary/aromatic N) is 1. The third kappa shape index (κ3) is 2.26. The van der Waals surface area contributed by atoms with Crippen molar-refractivity contribution in [3.05, 3.63) is 69.0 Å². The minimum absolute atomic E-state index is 0.0401. The molecule has 0 fully saturated rings. The molecule has 5 nitrogen and oxygen atoms in total. The Morgan fingerprint density at radius 3 is 2.73 bits per heavy atom. The van der Waals surface area contributed by atoms with E-state index >= 15 is 0 Å². The SMILES string of the molecule is [B]c1cc(/C=C2\OC(=O)c3cccc([N+](=O)[O-])c32)ccc1F. The molecule has 0 spiro atoms. The molecule has 22 heavy (non-hydrogen) atoms. The molecule has 0 amide bonds. The fraction of sp³-hybridized carbons (Fsp3) is 0. The summed E-state index contributed by atoms with van der Waals surface area (Å²) in [5, 5.41) is 11.1. The third-order valence-electron chi connectivity index (χ3n) is 3.23. The first kappa shape index (κ1) is 14.0. The Morgan fingerprint density at radius 1 is 1.27 bits per heavy atom. The number of benzene rings is 2. The van der Waals surface area contributed by atoms with Crippen molar-refractivity contribution in [3.8, 4) is 0 Å². The standard InChI is InChI=1S/C15H7BFNO4/c16-10-6-8(4-5-11(10)17)7-13-14-9(15(19)22-13)2-1-3-12(14)18(20)21/h1-7H/b13-7-. The fourth-order valence-corrected chi connectivity index (χ4v) is 2.23. The maximum Gasteiger partial charge on any atom is 0.344 e. The molecule has 2 aromatic carbocycles. The molecule has 0 saturated heterocycles. The average molecular weight is 295 g/mol. The third-order valence-corrected chi connectivity index (χ3v) is 3.23. The normalized spacial score (nSPS) is 14.8.